The molecular weight excluding hydrogens is 214 g/mol. The normalized spacial score (nSPS) is 11.2. The van der Waals surface area contributed by atoms with E-state index in [2.05, 4.69) is 10.1 Å². The molecule has 0 atom stereocenters. The lowest BCUT2D eigenvalue weighted by molar-refractivity contribution is 0.756. The number of nitrogens with zero attached hydrogens (tertiary/aromatic N) is 4. The molecule has 0 bridgehead atoms. The molecule has 0 fully saturated rings. The summed E-state index contributed by atoms with van der Waals surface area (Å²) in [6.45, 7) is 1.96. The van der Waals surface area contributed by atoms with Crippen molar-refractivity contribution in [1.82, 2.24) is 19.2 Å². The predicted molar refractivity (Wildman–Crippen MR) is 66.5 cm³/mol. The van der Waals surface area contributed by atoms with Crippen LogP contribution in [0.15, 0.2) is 30.6 Å². The van der Waals surface area contributed by atoms with Gasteiger partial charge in [0.15, 0.2) is 0 Å². The summed E-state index contributed by atoms with van der Waals surface area (Å²) in [7, 11) is 1.89. The Morgan fingerprint density at radius 2 is 2.12 bits per heavy atom. The Morgan fingerprint density at radius 1 is 1.29 bits per heavy atom. The van der Waals surface area contributed by atoms with Gasteiger partial charge < -0.3 is 5.73 Å². The van der Waals surface area contributed by atoms with Crippen LogP contribution >= 0.6 is 0 Å². The van der Waals surface area contributed by atoms with Gasteiger partial charge in [-0.25, -0.2) is 4.98 Å². The molecule has 0 amide bonds. The third-order valence-electron chi connectivity index (χ3n) is 2.84. The van der Waals surface area contributed by atoms with Crippen LogP contribution in [0.1, 0.15) is 5.69 Å². The second kappa shape index (κ2) is 3.35. The number of hydrogen-bond acceptors (Lipinski definition) is 3. The largest absolute Gasteiger partial charge is 0.383 e. The van der Waals surface area contributed by atoms with Gasteiger partial charge in [-0.1, -0.05) is 6.07 Å². The first-order valence-corrected chi connectivity index (χ1v) is 5.40. The Kier molecular flexibility index (Phi) is 1.95. The number of aryl methyl sites for hydroxylation is 2. The number of anilines is 1. The Labute approximate surface area is 98.5 Å². The second-order valence-electron chi connectivity index (χ2n) is 4.08. The lowest BCUT2D eigenvalue weighted by atomic mass is 10.2. The van der Waals surface area contributed by atoms with Gasteiger partial charge >= 0.3 is 0 Å². The van der Waals surface area contributed by atoms with Crippen molar-refractivity contribution in [1.29, 1.82) is 0 Å². The van der Waals surface area contributed by atoms with Gasteiger partial charge in [0.05, 0.1) is 5.69 Å². The summed E-state index contributed by atoms with van der Waals surface area (Å²) >= 11 is 0. The molecule has 0 spiro atoms. The number of pyridine rings is 1. The van der Waals surface area contributed by atoms with E-state index in [0.29, 0.717) is 5.82 Å². The zero-order chi connectivity index (χ0) is 12.0. The fraction of sp³-hybridized carbons (Fsp3) is 0.167. The molecule has 2 N–H and O–H groups in total. The Hall–Kier alpha value is -2.30. The predicted octanol–water partition coefficient (Wildman–Crippen LogP) is 1.63. The van der Waals surface area contributed by atoms with Crippen molar-refractivity contribution < 1.29 is 0 Å². The summed E-state index contributed by atoms with van der Waals surface area (Å²) in [5, 5.41) is 4.31. The van der Waals surface area contributed by atoms with Crippen LogP contribution in [0.25, 0.3) is 16.9 Å². The number of hydrogen-bond donors (Lipinski definition) is 1. The van der Waals surface area contributed by atoms with Crippen LogP contribution < -0.4 is 5.73 Å². The highest BCUT2D eigenvalue weighted by atomic mass is 15.3. The van der Waals surface area contributed by atoms with E-state index in [1.807, 2.05) is 49.0 Å². The van der Waals surface area contributed by atoms with Crippen LogP contribution in [-0.4, -0.2) is 19.2 Å². The number of aromatic nitrogens is 4. The lowest BCUT2D eigenvalue weighted by Gasteiger charge is -1.96. The molecule has 3 heterocycles. The average molecular weight is 227 g/mol. The molecule has 0 radical (unpaired) electrons. The smallest absolute Gasteiger partial charge is 0.139 e. The second-order valence-corrected chi connectivity index (χ2v) is 4.08. The molecule has 86 valence electrons. The Bertz CT molecular complexity index is 692. The minimum absolute atomic E-state index is 0.650. The van der Waals surface area contributed by atoms with Crippen LogP contribution in [0, 0.1) is 6.92 Å². The highest BCUT2D eigenvalue weighted by Crippen LogP contribution is 2.27. The molecule has 3 rings (SSSR count). The number of nitrogen functional groups attached to an aromatic ring is 1. The molecule has 3 aromatic heterocycles. The molecule has 5 heteroatoms. The first-order chi connectivity index (χ1) is 8.16. The first-order valence-electron chi connectivity index (χ1n) is 5.40. The maximum Gasteiger partial charge on any atom is 0.139 e. The molecule has 5 nitrogen and oxygen atoms in total. The Morgan fingerprint density at radius 3 is 2.76 bits per heavy atom. The zero-order valence-corrected chi connectivity index (χ0v) is 9.75. The summed E-state index contributed by atoms with van der Waals surface area (Å²) in [5.74, 6) is 0.650. The molecule has 0 unspecified atom stereocenters. The molecule has 0 saturated heterocycles. The number of imidazole rings is 1. The van der Waals surface area contributed by atoms with Gasteiger partial charge in [0.25, 0.3) is 0 Å². The standard InChI is InChI=1S/C12H13N5/c1-8-9(7-16(2)15-8)11-12(13)17-6-4-3-5-10(17)14-11/h3-7H,13H2,1-2H3. The summed E-state index contributed by atoms with van der Waals surface area (Å²) < 4.78 is 3.65. The van der Waals surface area contributed by atoms with E-state index < -0.39 is 0 Å². The maximum atomic E-state index is 6.11. The van der Waals surface area contributed by atoms with Crippen molar-refractivity contribution in [2.75, 3.05) is 5.73 Å². The van der Waals surface area contributed by atoms with Crippen LogP contribution in [0.2, 0.25) is 0 Å². The van der Waals surface area contributed by atoms with E-state index in [1.165, 1.54) is 0 Å². The molecule has 0 saturated carbocycles. The van der Waals surface area contributed by atoms with Crippen molar-refractivity contribution in [3.05, 3.63) is 36.3 Å². The third-order valence-corrected chi connectivity index (χ3v) is 2.84. The molecule has 17 heavy (non-hydrogen) atoms. The fourth-order valence-electron chi connectivity index (χ4n) is 2.05. The molecule has 0 aliphatic rings. The average Bonchev–Trinajstić information content (AvgIpc) is 2.80. The highest BCUT2D eigenvalue weighted by Gasteiger charge is 2.14. The monoisotopic (exact) mass is 227 g/mol. The van der Waals surface area contributed by atoms with Crippen LogP contribution in [0.3, 0.4) is 0 Å². The van der Waals surface area contributed by atoms with Gasteiger partial charge in [0, 0.05) is 25.0 Å². The summed E-state index contributed by atoms with van der Waals surface area (Å²) in [6, 6.07) is 5.82. The quantitative estimate of drug-likeness (QED) is 0.687. The number of rotatable bonds is 1. The third kappa shape index (κ3) is 1.39. The molecule has 0 aliphatic carbocycles. The lowest BCUT2D eigenvalue weighted by Crippen LogP contribution is -1.93. The Balaban J connectivity index is 2.31. The van der Waals surface area contributed by atoms with Crippen molar-refractivity contribution >= 4 is 11.5 Å². The van der Waals surface area contributed by atoms with Gasteiger partial charge in [0.1, 0.15) is 17.2 Å². The van der Waals surface area contributed by atoms with Gasteiger partial charge in [-0.15, -0.1) is 0 Å². The fourth-order valence-corrected chi connectivity index (χ4v) is 2.05. The maximum absolute atomic E-state index is 6.11. The van der Waals surface area contributed by atoms with Gasteiger partial charge in [-0.3, -0.25) is 9.08 Å². The van der Waals surface area contributed by atoms with E-state index in [0.717, 1.165) is 22.6 Å². The number of nitrogens with two attached hydrogens (primary N) is 1. The van der Waals surface area contributed by atoms with E-state index in [9.17, 15) is 0 Å². The van der Waals surface area contributed by atoms with E-state index >= 15 is 0 Å². The minimum Gasteiger partial charge on any atom is -0.383 e. The zero-order valence-electron chi connectivity index (χ0n) is 9.75. The highest BCUT2D eigenvalue weighted by molar-refractivity contribution is 5.75. The number of fused-ring (bicyclic) bond motifs is 1. The van der Waals surface area contributed by atoms with Crippen molar-refractivity contribution in [3.8, 4) is 11.3 Å². The summed E-state index contributed by atoms with van der Waals surface area (Å²) in [4.78, 5) is 4.54. The summed E-state index contributed by atoms with van der Waals surface area (Å²) in [5.41, 5.74) is 9.67. The molecule has 3 aromatic rings. The van der Waals surface area contributed by atoms with Gasteiger partial charge in [-0.2, -0.15) is 5.10 Å². The van der Waals surface area contributed by atoms with Crippen molar-refractivity contribution in [2.24, 2.45) is 7.05 Å². The minimum atomic E-state index is 0.650. The van der Waals surface area contributed by atoms with Crippen LogP contribution in [0.5, 0.6) is 0 Å². The van der Waals surface area contributed by atoms with E-state index in [4.69, 9.17) is 5.73 Å². The van der Waals surface area contributed by atoms with E-state index in [-0.39, 0.29) is 0 Å². The first kappa shape index (κ1) is 9.89. The van der Waals surface area contributed by atoms with Gasteiger partial charge in [0.2, 0.25) is 0 Å². The molecular formula is C12H13N5. The molecule has 0 aromatic carbocycles. The van der Waals surface area contributed by atoms with Crippen molar-refractivity contribution in [2.45, 2.75) is 6.92 Å². The topological polar surface area (TPSA) is 61.1 Å². The van der Waals surface area contributed by atoms with Gasteiger partial charge in [-0.05, 0) is 19.1 Å². The summed E-state index contributed by atoms with van der Waals surface area (Å²) in [6.07, 6.45) is 3.85. The van der Waals surface area contributed by atoms with Crippen LogP contribution in [0.4, 0.5) is 5.82 Å². The van der Waals surface area contributed by atoms with Crippen molar-refractivity contribution in [3.63, 3.8) is 0 Å². The van der Waals surface area contributed by atoms with E-state index in [1.54, 1.807) is 4.68 Å². The SMILES string of the molecule is Cc1nn(C)cc1-c1nc2ccccn2c1N. The molecule has 0 aliphatic heterocycles. The van der Waals surface area contributed by atoms with Crippen LogP contribution in [-0.2, 0) is 7.05 Å².